The molecule has 5 heteroatoms. The average molecular weight is 292 g/mol. The van der Waals surface area contributed by atoms with E-state index in [1.54, 1.807) is 6.92 Å². The molecule has 0 aromatic carbocycles. The molecular formula is C13H22ClNO2S. The highest BCUT2D eigenvalue weighted by molar-refractivity contribution is 8.14. The Labute approximate surface area is 115 Å². The molecule has 1 rings (SSSR count). The quantitative estimate of drug-likeness (QED) is 0.687. The summed E-state index contributed by atoms with van der Waals surface area (Å²) in [6.45, 7) is 3.71. The Morgan fingerprint density at radius 2 is 1.50 bits per heavy atom. The Morgan fingerprint density at radius 3 is 2.06 bits per heavy atom. The second-order valence-corrected chi connectivity index (χ2v) is 9.05. The Morgan fingerprint density at radius 1 is 1.00 bits per heavy atom. The Hall–Kier alpha value is -0.270. The van der Waals surface area contributed by atoms with E-state index in [0.29, 0.717) is 12.8 Å². The Kier molecular flexibility index (Phi) is 5.08. The van der Waals surface area contributed by atoms with Crippen molar-refractivity contribution >= 4 is 19.7 Å². The summed E-state index contributed by atoms with van der Waals surface area (Å²) in [6.07, 6.45) is 6.41. The molecule has 0 spiro atoms. The molecule has 1 saturated carbocycles. The third kappa shape index (κ3) is 3.86. The minimum atomic E-state index is -3.55. The number of hydrogen-bond donors (Lipinski definition) is 0. The van der Waals surface area contributed by atoms with Gasteiger partial charge in [-0.2, -0.15) is 5.26 Å². The second kappa shape index (κ2) is 5.79. The topological polar surface area (TPSA) is 57.9 Å². The summed E-state index contributed by atoms with van der Waals surface area (Å²) in [7, 11) is 2.04. The van der Waals surface area contributed by atoms with Gasteiger partial charge in [0.1, 0.15) is 0 Å². The number of nitriles is 1. The SMILES string of the molecule is CC1(C#N)CCCCCC(C)(S(=O)(=O)Cl)CCC1. The van der Waals surface area contributed by atoms with Gasteiger partial charge < -0.3 is 0 Å². The zero-order valence-corrected chi connectivity index (χ0v) is 12.8. The molecule has 1 fully saturated rings. The van der Waals surface area contributed by atoms with Crippen LogP contribution in [-0.4, -0.2) is 13.2 Å². The van der Waals surface area contributed by atoms with Crippen LogP contribution in [0.15, 0.2) is 0 Å². The summed E-state index contributed by atoms with van der Waals surface area (Å²) in [5.74, 6) is 0. The van der Waals surface area contributed by atoms with Gasteiger partial charge in [-0.1, -0.05) is 25.7 Å². The van der Waals surface area contributed by atoms with Crippen LogP contribution >= 0.6 is 10.7 Å². The first-order chi connectivity index (χ1) is 8.22. The highest BCUT2D eigenvalue weighted by atomic mass is 35.7. The van der Waals surface area contributed by atoms with Crippen LogP contribution in [0.5, 0.6) is 0 Å². The molecule has 104 valence electrons. The van der Waals surface area contributed by atoms with Crippen LogP contribution in [0.1, 0.15) is 65.2 Å². The van der Waals surface area contributed by atoms with Crippen LogP contribution in [0.2, 0.25) is 0 Å². The summed E-state index contributed by atoms with van der Waals surface area (Å²) in [5.41, 5.74) is -0.311. The molecule has 18 heavy (non-hydrogen) atoms. The first kappa shape index (κ1) is 15.8. The van der Waals surface area contributed by atoms with Crippen molar-refractivity contribution in [3.63, 3.8) is 0 Å². The summed E-state index contributed by atoms with van der Waals surface area (Å²) in [6, 6.07) is 2.38. The largest absolute Gasteiger partial charge is 0.238 e. The molecule has 2 atom stereocenters. The van der Waals surface area contributed by atoms with Crippen molar-refractivity contribution in [1.82, 2.24) is 0 Å². The van der Waals surface area contributed by atoms with Gasteiger partial charge in [0.2, 0.25) is 9.05 Å². The number of rotatable bonds is 1. The molecule has 0 aliphatic heterocycles. The van der Waals surface area contributed by atoms with E-state index in [-0.39, 0.29) is 5.41 Å². The van der Waals surface area contributed by atoms with Crippen LogP contribution < -0.4 is 0 Å². The van der Waals surface area contributed by atoms with E-state index < -0.39 is 13.8 Å². The van der Waals surface area contributed by atoms with Gasteiger partial charge >= 0.3 is 0 Å². The van der Waals surface area contributed by atoms with E-state index in [0.717, 1.165) is 38.5 Å². The molecule has 0 saturated heterocycles. The normalized spacial score (nSPS) is 35.7. The van der Waals surface area contributed by atoms with Gasteiger partial charge in [0.05, 0.1) is 16.2 Å². The van der Waals surface area contributed by atoms with Crippen LogP contribution in [0.25, 0.3) is 0 Å². The molecule has 1 aliphatic rings. The van der Waals surface area contributed by atoms with E-state index in [9.17, 15) is 13.7 Å². The van der Waals surface area contributed by atoms with E-state index in [4.69, 9.17) is 10.7 Å². The minimum Gasteiger partial charge on any atom is -0.212 e. The maximum atomic E-state index is 11.7. The van der Waals surface area contributed by atoms with Gasteiger partial charge in [-0.05, 0) is 39.5 Å². The summed E-state index contributed by atoms with van der Waals surface area (Å²) in [4.78, 5) is 0. The van der Waals surface area contributed by atoms with Crippen molar-refractivity contribution in [3.8, 4) is 6.07 Å². The highest BCUT2D eigenvalue weighted by Crippen LogP contribution is 2.38. The van der Waals surface area contributed by atoms with Gasteiger partial charge in [-0.15, -0.1) is 0 Å². The van der Waals surface area contributed by atoms with Gasteiger partial charge in [0.15, 0.2) is 0 Å². The lowest BCUT2D eigenvalue weighted by Crippen LogP contribution is -2.33. The molecule has 2 unspecified atom stereocenters. The van der Waals surface area contributed by atoms with Crippen molar-refractivity contribution < 1.29 is 8.42 Å². The molecule has 0 N–H and O–H groups in total. The molecule has 0 aromatic rings. The first-order valence-electron chi connectivity index (χ1n) is 6.58. The van der Waals surface area contributed by atoms with Crippen LogP contribution in [0.3, 0.4) is 0 Å². The fraction of sp³-hybridized carbons (Fsp3) is 0.923. The molecule has 0 heterocycles. The molecule has 1 aliphatic carbocycles. The van der Waals surface area contributed by atoms with Crippen molar-refractivity contribution in [2.45, 2.75) is 70.0 Å². The van der Waals surface area contributed by atoms with Crippen LogP contribution in [0.4, 0.5) is 0 Å². The van der Waals surface area contributed by atoms with Crippen LogP contribution in [0, 0.1) is 16.7 Å². The molecule has 0 radical (unpaired) electrons. The number of nitrogens with zero attached hydrogens (tertiary/aromatic N) is 1. The average Bonchev–Trinajstić information content (AvgIpc) is 2.27. The monoisotopic (exact) mass is 291 g/mol. The summed E-state index contributed by atoms with van der Waals surface area (Å²) >= 11 is 0. The lowest BCUT2D eigenvalue weighted by molar-refractivity contribution is 0.312. The maximum Gasteiger partial charge on any atom is 0.238 e. The van der Waals surface area contributed by atoms with Gasteiger partial charge in [0, 0.05) is 10.7 Å². The van der Waals surface area contributed by atoms with Crippen molar-refractivity contribution in [2.75, 3.05) is 0 Å². The van der Waals surface area contributed by atoms with E-state index in [1.165, 1.54) is 0 Å². The summed E-state index contributed by atoms with van der Waals surface area (Å²) in [5, 5.41) is 9.22. The molecule has 0 amide bonds. The Balaban J connectivity index is 2.82. The highest BCUT2D eigenvalue weighted by Gasteiger charge is 2.38. The van der Waals surface area contributed by atoms with Crippen molar-refractivity contribution in [1.29, 1.82) is 5.26 Å². The fourth-order valence-electron chi connectivity index (χ4n) is 2.65. The van der Waals surface area contributed by atoms with Crippen molar-refractivity contribution in [2.24, 2.45) is 5.41 Å². The zero-order chi connectivity index (χ0) is 13.9. The lowest BCUT2D eigenvalue weighted by Gasteiger charge is -2.30. The van der Waals surface area contributed by atoms with E-state index >= 15 is 0 Å². The molecule has 0 aromatic heterocycles. The third-order valence-corrected chi connectivity index (χ3v) is 6.93. The minimum absolute atomic E-state index is 0.311. The predicted molar refractivity (Wildman–Crippen MR) is 73.8 cm³/mol. The zero-order valence-electron chi connectivity index (χ0n) is 11.2. The predicted octanol–water partition coefficient (Wildman–Crippen LogP) is 3.98. The Bertz CT molecular complexity index is 429. The second-order valence-electron chi connectivity index (χ2n) is 5.97. The van der Waals surface area contributed by atoms with Crippen molar-refractivity contribution in [3.05, 3.63) is 0 Å². The van der Waals surface area contributed by atoms with E-state index in [2.05, 4.69) is 6.07 Å². The summed E-state index contributed by atoms with van der Waals surface area (Å²) < 4.78 is 22.6. The number of halogens is 1. The maximum absolute atomic E-state index is 11.7. The fourth-order valence-corrected chi connectivity index (χ4v) is 3.89. The third-order valence-electron chi connectivity index (χ3n) is 4.23. The molecular weight excluding hydrogens is 270 g/mol. The molecule has 3 nitrogen and oxygen atoms in total. The first-order valence-corrected chi connectivity index (χ1v) is 8.89. The van der Waals surface area contributed by atoms with Gasteiger partial charge in [0.25, 0.3) is 0 Å². The van der Waals surface area contributed by atoms with E-state index in [1.807, 2.05) is 6.92 Å². The standard InChI is InChI=1S/C13H22ClNO2S/c1-12(11-15)7-4-3-5-9-13(2,10-6-8-12)18(14,16)17/h3-10H2,1-2H3. The molecule has 0 bridgehead atoms. The lowest BCUT2D eigenvalue weighted by atomic mass is 9.79. The van der Waals surface area contributed by atoms with Gasteiger partial charge in [-0.25, -0.2) is 8.42 Å². The smallest absolute Gasteiger partial charge is 0.212 e. The number of hydrogen-bond acceptors (Lipinski definition) is 3. The van der Waals surface area contributed by atoms with Crippen LogP contribution in [-0.2, 0) is 9.05 Å². The van der Waals surface area contributed by atoms with Gasteiger partial charge in [-0.3, -0.25) is 0 Å².